The first-order valence-electron chi connectivity index (χ1n) is 13.3. The molecule has 0 saturated heterocycles. The van der Waals surface area contributed by atoms with Crippen molar-refractivity contribution in [3.8, 4) is 5.75 Å². The highest BCUT2D eigenvalue weighted by atomic mass is 19.1. The number of ether oxygens (including phenoxy) is 1. The normalized spacial score (nSPS) is 18.1. The summed E-state index contributed by atoms with van der Waals surface area (Å²) in [5.41, 5.74) is 3.19. The molecule has 4 aromatic rings. The number of methoxy groups -OCH3 is 1. The number of rotatable bonds is 7. The molecule has 0 saturated carbocycles. The van der Waals surface area contributed by atoms with E-state index in [2.05, 4.69) is 0 Å². The molecule has 5 nitrogen and oxygen atoms in total. The van der Waals surface area contributed by atoms with Crippen LogP contribution in [0.5, 0.6) is 5.75 Å². The molecule has 5 rings (SSSR count). The minimum absolute atomic E-state index is 0.178. The van der Waals surface area contributed by atoms with E-state index >= 15 is 0 Å². The van der Waals surface area contributed by atoms with Crippen molar-refractivity contribution in [3.63, 3.8) is 0 Å². The van der Waals surface area contributed by atoms with Crippen LogP contribution in [0.4, 0.5) is 4.39 Å². The Morgan fingerprint density at radius 2 is 1.50 bits per heavy atom. The van der Waals surface area contributed by atoms with E-state index in [4.69, 9.17) is 4.74 Å². The largest absolute Gasteiger partial charge is 0.497 e. The first-order valence-corrected chi connectivity index (χ1v) is 13.3. The Balaban J connectivity index is 1.59. The van der Waals surface area contributed by atoms with Crippen molar-refractivity contribution in [2.24, 2.45) is 0 Å². The van der Waals surface area contributed by atoms with Crippen LogP contribution in [0.25, 0.3) is 0 Å². The molecule has 4 aromatic carbocycles. The van der Waals surface area contributed by atoms with Crippen LogP contribution in [0, 0.1) is 5.82 Å². The molecule has 2 atom stereocenters. The fraction of sp³-hybridized carbons (Fsp3) is 0.176. The molecule has 1 heterocycles. The van der Waals surface area contributed by atoms with E-state index in [-0.39, 0.29) is 30.7 Å². The summed E-state index contributed by atoms with van der Waals surface area (Å²) in [6, 6.07) is 31.4. The lowest BCUT2D eigenvalue weighted by Gasteiger charge is -2.39. The van der Waals surface area contributed by atoms with Crippen LogP contribution >= 0.6 is 0 Å². The number of carbonyl (C=O) groups excluding carboxylic acids is 2. The summed E-state index contributed by atoms with van der Waals surface area (Å²) in [5, 5.41) is 0. The smallest absolute Gasteiger partial charge is 0.254 e. The summed E-state index contributed by atoms with van der Waals surface area (Å²) in [4.78, 5) is 31.9. The molecule has 1 aliphatic heterocycles. The quantitative estimate of drug-likeness (QED) is 0.264. The SMILES string of the molecule is COc1ccc([C@@H]2/C=C\CN(C(=O)c3ccccc3)[C@H](Cc3ccccc3)C(=O)N2Cc2ccc(F)cc2)cc1. The Kier molecular flexibility index (Phi) is 8.35. The van der Waals surface area contributed by atoms with Gasteiger partial charge in [0.2, 0.25) is 5.91 Å². The molecule has 1 aliphatic rings. The van der Waals surface area contributed by atoms with Gasteiger partial charge in [0.1, 0.15) is 17.6 Å². The van der Waals surface area contributed by atoms with Crippen molar-refractivity contribution in [1.82, 2.24) is 9.80 Å². The van der Waals surface area contributed by atoms with Crippen molar-refractivity contribution >= 4 is 11.8 Å². The number of hydrogen-bond acceptors (Lipinski definition) is 3. The molecule has 0 bridgehead atoms. The summed E-state index contributed by atoms with van der Waals surface area (Å²) < 4.78 is 19.1. The van der Waals surface area contributed by atoms with E-state index in [9.17, 15) is 14.0 Å². The maximum Gasteiger partial charge on any atom is 0.254 e. The van der Waals surface area contributed by atoms with Gasteiger partial charge in [-0.3, -0.25) is 9.59 Å². The van der Waals surface area contributed by atoms with Crippen LogP contribution in [-0.4, -0.2) is 41.3 Å². The molecule has 0 fully saturated rings. The fourth-order valence-electron chi connectivity index (χ4n) is 5.06. The second kappa shape index (κ2) is 12.4. The van der Waals surface area contributed by atoms with Crippen LogP contribution in [-0.2, 0) is 17.8 Å². The average Bonchev–Trinajstić information content (AvgIpc) is 3.00. The maximum absolute atomic E-state index is 14.6. The zero-order chi connectivity index (χ0) is 27.9. The molecule has 0 radical (unpaired) electrons. The number of hydrogen-bond donors (Lipinski definition) is 0. The molecule has 2 amide bonds. The minimum atomic E-state index is -0.749. The monoisotopic (exact) mass is 534 g/mol. The topological polar surface area (TPSA) is 49.9 Å². The van der Waals surface area contributed by atoms with Crippen molar-refractivity contribution in [2.45, 2.75) is 25.0 Å². The van der Waals surface area contributed by atoms with Crippen LogP contribution in [0.3, 0.4) is 0 Å². The van der Waals surface area contributed by atoms with Gasteiger partial charge in [0.25, 0.3) is 5.91 Å². The molecule has 202 valence electrons. The lowest BCUT2D eigenvalue weighted by Crippen LogP contribution is -2.53. The molecule has 0 spiro atoms. The van der Waals surface area contributed by atoms with E-state index in [1.54, 1.807) is 41.2 Å². The van der Waals surface area contributed by atoms with Gasteiger partial charge < -0.3 is 14.5 Å². The van der Waals surface area contributed by atoms with Crippen molar-refractivity contribution < 1.29 is 18.7 Å². The Labute approximate surface area is 234 Å². The van der Waals surface area contributed by atoms with Crippen molar-refractivity contribution in [1.29, 1.82) is 0 Å². The van der Waals surface area contributed by atoms with E-state index in [0.29, 0.717) is 12.0 Å². The number of nitrogens with zero attached hydrogens (tertiary/aromatic N) is 2. The molecular formula is C34H31FN2O3. The zero-order valence-electron chi connectivity index (χ0n) is 22.3. The van der Waals surface area contributed by atoms with E-state index < -0.39 is 12.1 Å². The summed E-state index contributed by atoms with van der Waals surface area (Å²) in [6.45, 7) is 0.535. The number of benzene rings is 4. The van der Waals surface area contributed by atoms with Crippen LogP contribution < -0.4 is 4.74 Å². The summed E-state index contributed by atoms with van der Waals surface area (Å²) in [5.74, 6) is -0.000657. The van der Waals surface area contributed by atoms with Crippen LogP contribution in [0.1, 0.15) is 33.1 Å². The second-order valence-corrected chi connectivity index (χ2v) is 9.77. The number of amides is 2. The molecule has 0 aromatic heterocycles. The molecule has 0 unspecified atom stereocenters. The van der Waals surface area contributed by atoms with Crippen molar-refractivity contribution in [3.05, 3.63) is 149 Å². The van der Waals surface area contributed by atoms with Gasteiger partial charge in [0.15, 0.2) is 0 Å². The van der Waals surface area contributed by atoms with Crippen LogP contribution in [0.2, 0.25) is 0 Å². The Morgan fingerprint density at radius 3 is 2.15 bits per heavy atom. The highest BCUT2D eigenvalue weighted by Gasteiger charge is 2.37. The van der Waals surface area contributed by atoms with Gasteiger partial charge in [0.05, 0.1) is 13.2 Å². The zero-order valence-corrected chi connectivity index (χ0v) is 22.3. The summed E-state index contributed by atoms with van der Waals surface area (Å²) in [7, 11) is 1.61. The molecule has 40 heavy (non-hydrogen) atoms. The maximum atomic E-state index is 14.6. The predicted molar refractivity (Wildman–Crippen MR) is 153 cm³/mol. The average molecular weight is 535 g/mol. The van der Waals surface area contributed by atoms with Gasteiger partial charge >= 0.3 is 0 Å². The third-order valence-corrected chi connectivity index (χ3v) is 7.18. The predicted octanol–water partition coefficient (Wildman–Crippen LogP) is 6.23. The first kappa shape index (κ1) is 26.9. The van der Waals surface area contributed by atoms with Gasteiger partial charge in [-0.2, -0.15) is 0 Å². The van der Waals surface area contributed by atoms with Gasteiger partial charge in [-0.15, -0.1) is 0 Å². The third-order valence-electron chi connectivity index (χ3n) is 7.18. The first-order chi connectivity index (χ1) is 19.5. The molecule has 6 heteroatoms. The summed E-state index contributed by atoms with van der Waals surface area (Å²) >= 11 is 0. The summed E-state index contributed by atoms with van der Waals surface area (Å²) in [6.07, 6.45) is 4.28. The Morgan fingerprint density at radius 1 is 0.850 bits per heavy atom. The van der Waals surface area contributed by atoms with E-state index in [1.165, 1.54) is 12.1 Å². The van der Waals surface area contributed by atoms with Crippen LogP contribution in [0.15, 0.2) is 121 Å². The standard InChI is InChI=1S/C34H31FN2O3/c1-40-30-20-16-27(17-21-30)31-13-8-22-36(33(38)28-11-6-3-7-12-28)32(23-25-9-4-2-5-10-25)34(39)37(31)24-26-14-18-29(35)19-15-26/h2-21,31-32H,22-24H2,1H3/b13-8-/t31-,32+/m0/s1. The highest BCUT2D eigenvalue weighted by Crippen LogP contribution is 2.30. The second-order valence-electron chi connectivity index (χ2n) is 9.77. The van der Waals surface area contributed by atoms with E-state index in [1.807, 2.05) is 84.9 Å². The van der Waals surface area contributed by atoms with E-state index in [0.717, 1.165) is 22.4 Å². The lowest BCUT2D eigenvalue weighted by atomic mass is 9.96. The molecule has 0 aliphatic carbocycles. The Bertz CT molecular complexity index is 1460. The van der Waals surface area contributed by atoms with Crippen molar-refractivity contribution in [2.75, 3.05) is 13.7 Å². The number of carbonyl (C=O) groups is 2. The molecule has 0 N–H and O–H groups in total. The van der Waals surface area contributed by atoms with Gasteiger partial charge in [-0.25, -0.2) is 4.39 Å². The molecular weight excluding hydrogens is 503 g/mol. The number of halogens is 1. The van der Waals surface area contributed by atoms with Gasteiger partial charge in [0, 0.05) is 25.1 Å². The minimum Gasteiger partial charge on any atom is -0.497 e. The Hall–Kier alpha value is -4.71. The highest BCUT2D eigenvalue weighted by molar-refractivity contribution is 5.98. The third kappa shape index (κ3) is 6.12. The lowest BCUT2D eigenvalue weighted by molar-refractivity contribution is -0.138. The van der Waals surface area contributed by atoms with Gasteiger partial charge in [-0.05, 0) is 53.1 Å². The fourth-order valence-corrected chi connectivity index (χ4v) is 5.06. The van der Waals surface area contributed by atoms with Gasteiger partial charge in [-0.1, -0.05) is 84.9 Å².